The van der Waals surface area contributed by atoms with E-state index >= 15 is 0 Å². The van der Waals surface area contributed by atoms with Crippen LogP contribution in [0.25, 0.3) is 5.69 Å². The fraction of sp³-hybridized carbons (Fsp3) is 0.385. The Bertz CT molecular complexity index is 1030. The van der Waals surface area contributed by atoms with E-state index < -0.39 is 0 Å². The van der Waals surface area contributed by atoms with Gasteiger partial charge >= 0.3 is 0 Å². The summed E-state index contributed by atoms with van der Waals surface area (Å²) < 4.78 is 19.2. The van der Waals surface area contributed by atoms with E-state index in [1.165, 1.54) is 7.11 Å². The Morgan fingerprint density at radius 3 is 2.52 bits per heavy atom. The minimum atomic E-state index is -0.0758. The molecule has 0 saturated carbocycles. The van der Waals surface area contributed by atoms with Crippen LogP contribution in [-0.4, -0.2) is 53.6 Å². The van der Waals surface area contributed by atoms with Gasteiger partial charge in [0.2, 0.25) is 11.8 Å². The second-order valence-electron chi connectivity index (χ2n) is 8.09. The van der Waals surface area contributed by atoms with Gasteiger partial charge in [-0.15, -0.1) is 0 Å². The molecule has 1 unspecified atom stereocenters. The first kappa shape index (κ1) is 23.0. The third-order valence-electron chi connectivity index (χ3n) is 5.73. The smallest absolute Gasteiger partial charge is 0.248 e. The third kappa shape index (κ3) is 5.61. The van der Waals surface area contributed by atoms with Gasteiger partial charge in [-0.05, 0) is 43.5 Å². The molecule has 1 saturated heterocycles. The van der Waals surface area contributed by atoms with Gasteiger partial charge in [0.15, 0.2) is 0 Å². The predicted octanol–water partition coefficient (Wildman–Crippen LogP) is 4.38. The first-order chi connectivity index (χ1) is 16.2. The zero-order valence-electron chi connectivity index (χ0n) is 19.3. The summed E-state index contributed by atoms with van der Waals surface area (Å²) in [6.45, 7) is 3.73. The predicted molar refractivity (Wildman–Crippen MR) is 126 cm³/mol. The van der Waals surface area contributed by atoms with E-state index in [1.54, 1.807) is 0 Å². The van der Waals surface area contributed by atoms with Crippen LogP contribution in [0.2, 0.25) is 0 Å². The molecular weight excluding hydrogens is 418 g/mol. The molecule has 1 aliphatic rings. The molecule has 1 amide bonds. The fourth-order valence-corrected chi connectivity index (χ4v) is 4.06. The van der Waals surface area contributed by atoms with E-state index in [0.717, 1.165) is 36.4 Å². The van der Waals surface area contributed by atoms with Crippen molar-refractivity contribution in [2.45, 2.75) is 38.8 Å². The molecule has 1 aromatic heterocycles. The molecule has 0 spiro atoms. The summed E-state index contributed by atoms with van der Waals surface area (Å²) in [4.78, 5) is 14.8. The Morgan fingerprint density at radius 1 is 1.15 bits per heavy atom. The number of aryl methyl sites for hydroxylation is 1. The molecule has 174 valence electrons. The highest BCUT2D eigenvalue weighted by Crippen LogP contribution is 2.32. The molecule has 33 heavy (non-hydrogen) atoms. The highest BCUT2D eigenvalue weighted by Gasteiger charge is 2.27. The number of benzene rings is 2. The number of amides is 1. The van der Waals surface area contributed by atoms with Gasteiger partial charge in [0.1, 0.15) is 12.4 Å². The maximum absolute atomic E-state index is 13.0. The largest absolute Gasteiger partial charge is 0.439 e. The first-order valence-electron chi connectivity index (χ1n) is 11.5. The summed E-state index contributed by atoms with van der Waals surface area (Å²) in [5.74, 6) is 1.26. The van der Waals surface area contributed by atoms with Crippen LogP contribution in [0.3, 0.4) is 0 Å². The van der Waals surface area contributed by atoms with Crippen molar-refractivity contribution >= 4 is 5.91 Å². The molecule has 0 bridgehead atoms. The van der Waals surface area contributed by atoms with Crippen LogP contribution in [0.5, 0.6) is 11.6 Å². The molecule has 2 aromatic carbocycles. The molecule has 3 aromatic rings. The van der Waals surface area contributed by atoms with Crippen LogP contribution in [0.1, 0.15) is 31.0 Å². The van der Waals surface area contributed by atoms with Crippen molar-refractivity contribution in [1.29, 1.82) is 0 Å². The Labute approximate surface area is 194 Å². The number of rotatable bonds is 10. The number of methoxy groups -OCH3 is 1. The average Bonchev–Trinajstić information content (AvgIpc) is 3.48. The van der Waals surface area contributed by atoms with Gasteiger partial charge in [-0.25, -0.2) is 4.68 Å². The van der Waals surface area contributed by atoms with Gasteiger partial charge in [-0.2, -0.15) is 5.10 Å². The Balaban J connectivity index is 1.74. The van der Waals surface area contributed by atoms with Gasteiger partial charge in [-0.3, -0.25) is 4.79 Å². The lowest BCUT2D eigenvalue weighted by atomic mass is 10.1. The lowest BCUT2D eigenvalue weighted by Gasteiger charge is -2.26. The number of hydrogen-bond acceptors (Lipinski definition) is 5. The minimum Gasteiger partial charge on any atom is -0.439 e. The van der Waals surface area contributed by atoms with Crippen molar-refractivity contribution in [2.24, 2.45) is 0 Å². The Morgan fingerprint density at radius 2 is 1.88 bits per heavy atom. The maximum atomic E-state index is 13.0. The zero-order chi connectivity index (χ0) is 23.0. The Hall–Kier alpha value is -3.16. The monoisotopic (exact) mass is 449 g/mol. The summed E-state index contributed by atoms with van der Waals surface area (Å²) in [6.07, 6.45) is 2.73. The van der Waals surface area contributed by atoms with Gasteiger partial charge in [0, 0.05) is 20.3 Å². The van der Waals surface area contributed by atoms with Gasteiger partial charge in [0.05, 0.1) is 29.6 Å². The summed E-state index contributed by atoms with van der Waals surface area (Å²) in [5.41, 5.74) is 2.69. The van der Waals surface area contributed by atoms with E-state index in [0.29, 0.717) is 31.1 Å². The average molecular weight is 450 g/mol. The van der Waals surface area contributed by atoms with Crippen molar-refractivity contribution in [3.63, 3.8) is 0 Å². The highest BCUT2D eigenvalue weighted by atomic mass is 16.5. The van der Waals surface area contributed by atoms with Crippen LogP contribution in [0, 0.1) is 0 Å². The lowest BCUT2D eigenvalue weighted by molar-refractivity contribution is -0.137. The van der Waals surface area contributed by atoms with Crippen LogP contribution >= 0.6 is 0 Å². The molecule has 0 radical (unpaired) electrons. The molecule has 2 heterocycles. The van der Waals surface area contributed by atoms with Gasteiger partial charge in [-0.1, -0.05) is 43.3 Å². The minimum absolute atomic E-state index is 0.0237. The highest BCUT2D eigenvalue weighted by molar-refractivity contribution is 5.77. The van der Waals surface area contributed by atoms with E-state index in [4.69, 9.17) is 19.3 Å². The molecule has 0 N–H and O–H groups in total. The number of carbonyl (C=O) groups is 1. The molecule has 1 atom stereocenters. The second-order valence-corrected chi connectivity index (χ2v) is 8.09. The topological polar surface area (TPSA) is 65.8 Å². The van der Waals surface area contributed by atoms with E-state index in [2.05, 4.69) is 6.92 Å². The number of nitrogens with zero attached hydrogens (tertiary/aromatic N) is 3. The Kier molecular flexibility index (Phi) is 7.75. The van der Waals surface area contributed by atoms with Crippen molar-refractivity contribution in [3.8, 4) is 17.3 Å². The van der Waals surface area contributed by atoms with Crippen LogP contribution in [0.4, 0.5) is 0 Å². The molecule has 4 rings (SSSR count). The first-order valence-corrected chi connectivity index (χ1v) is 11.5. The fourth-order valence-electron chi connectivity index (χ4n) is 4.06. The number of hydrogen-bond donors (Lipinski definition) is 0. The summed E-state index contributed by atoms with van der Waals surface area (Å²) in [5, 5.41) is 4.88. The number of ether oxygens (including phenoxy) is 3. The zero-order valence-corrected chi connectivity index (χ0v) is 19.3. The molecule has 1 fully saturated rings. The van der Waals surface area contributed by atoms with Crippen molar-refractivity contribution in [2.75, 3.05) is 26.9 Å². The molecule has 7 heteroatoms. The lowest BCUT2D eigenvalue weighted by Crippen LogP contribution is -2.39. The summed E-state index contributed by atoms with van der Waals surface area (Å²) in [7, 11) is 1.54. The van der Waals surface area contributed by atoms with Crippen molar-refractivity contribution in [3.05, 3.63) is 71.9 Å². The van der Waals surface area contributed by atoms with Crippen LogP contribution in [0.15, 0.2) is 60.7 Å². The SMILES string of the molecule is CCc1nn(-c2ccccc2)c(Oc2ccccc2)c1CN(CC1CCCO1)C(=O)COC. The van der Waals surface area contributed by atoms with Gasteiger partial charge < -0.3 is 19.1 Å². The standard InChI is InChI=1S/C26H31N3O4/c1-3-24-23(18-28(25(30)19-31-2)17-22-15-10-16-32-22)26(33-21-13-8-5-9-14-21)29(27-24)20-11-6-4-7-12-20/h4-9,11-14,22H,3,10,15-19H2,1-2H3. The van der Waals surface area contributed by atoms with E-state index in [9.17, 15) is 4.79 Å². The molecule has 7 nitrogen and oxygen atoms in total. The molecule has 0 aliphatic carbocycles. The maximum Gasteiger partial charge on any atom is 0.248 e. The number of para-hydroxylation sites is 2. The van der Waals surface area contributed by atoms with Crippen LogP contribution < -0.4 is 4.74 Å². The second kappa shape index (κ2) is 11.1. The summed E-state index contributed by atoms with van der Waals surface area (Å²) in [6, 6.07) is 19.6. The van der Waals surface area contributed by atoms with Crippen molar-refractivity contribution in [1.82, 2.24) is 14.7 Å². The molecule has 1 aliphatic heterocycles. The number of carbonyl (C=O) groups excluding carboxylic acids is 1. The quantitative estimate of drug-likeness (QED) is 0.460. The summed E-state index contributed by atoms with van der Waals surface area (Å²) >= 11 is 0. The molecular formula is C26H31N3O4. The van der Waals surface area contributed by atoms with Crippen molar-refractivity contribution < 1.29 is 19.0 Å². The third-order valence-corrected chi connectivity index (χ3v) is 5.73. The van der Waals surface area contributed by atoms with E-state index in [1.807, 2.05) is 70.2 Å². The van der Waals surface area contributed by atoms with E-state index in [-0.39, 0.29) is 18.6 Å². The normalized spacial score (nSPS) is 15.5. The van der Waals surface area contributed by atoms with Gasteiger partial charge in [0.25, 0.3) is 0 Å². The number of aromatic nitrogens is 2. The van der Waals surface area contributed by atoms with Crippen LogP contribution in [-0.2, 0) is 27.2 Å².